The van der Waals surface area contributed by atoms with Crippen LogP contribution in [0.5, 0.6) is 5.75 Å². The summed E-state index contributed by atoms with van der Waals surface area (Å²) in [5.41, 5.74) is -0.409. The number of amides is 1. The number of rotatable bonds is 7. The molecule has 1 amide bonds. The molecule has 0 aliphatic rings. The van der Waals surface area contributed by atoms with Gasteiger partial charge in [-0.1, -0.05) is 6.08 Å². The zero-order chi connectivity index (χ0) is 16.0. The van der Waals surface area contributed by atoms with Gasteiger partial charge >= 0.3 is 5.97 Å². The molecule has 7 nitrogen and oxygen atoms in total. The van der Waals surface area contributed by atoms with Gasteiger partial charge in [0.15, 0.2) is 6.61 Å². The molecule has 1 aromatic carbocycles. The van der Waals surface area contributed by atoms with Crippen LogP contribution in [0.1, 0.15) is 10.4 Å². The quantitative estimate of drug-likeness (QED) is 0.569. The molecule has 0 atom stereocenters. The lowest BCUT2D eigenvalue weighted by Crippen LogP contribution is -2.29. The third kappa shape index (κ3) is 5.09. The van der Waals surface area contributed by atoms with Gasteiger partial charge in [0.05, 0.1) is 4.90 Å². The van der Waals surface area contributed by atoms with E-state index in [-0.39, 0.29) is 17.2 Å². The molecule has 0 saturated carbocycles. The highest BCUT2D eigenvalue weighted by atomic mass is 35.7. The highest BCUT2D eigenvalue weighted by Crippen LogP contribution is 2.24. The molecule has 0 heterocycles. The van der Waals surface area contributed by atoms with E-state index in [1.165, 1.54) is 6.08 Å². The van der Waals surface area contributed by atoms with E-state index in [2.05, 4.69) is 11.9 Å². The second-order valence-corrected chi connectivity index (χ2v) is 6.35. The van der Waals surface area contributed by atoms with Gasteiger partial charge in [0.25, 0.3) is 15.0 Å². The fraction of sp³-hybridized carbons (Fsp3) is 0.167. The van der Waals surface area contributed by atoms with E-state index >= 15 is 0 Å². The Labute approximate surface area is 125 Å². The van der Waals surface area contributed by atoms with Gasteiger partial charge < -0.3 is 15.2 Å². The summed E-state index contributed by atoms with van der Waals surface area (Å²) in [6.45, 7) is 3.25. The average Bonchev–Trinajstić information content (AvgIpc) is 2.41. The van der Waals surface area contributed by atoms with Gasteiger partial charge in [0, 0.05) is 17.2 Å². The molecule has 1 aromatic rings. The third-order valence-corrected chi connectivity index (χ3v) is 3.62. The maximum atomic E-state index is 11.3. The fourth-order valence-corrected chi connectivity index (χ4v) is 2.11. The van der Waals surface area contributed by atoms with E-state index < -0.39 is 33.1 Å². The molecule has 0 fully saturated rings. The molecule has 0 radical (unpaired) electrons. The summed E-state index contributed by atoms with van der Waals surface area (Å²) >= 11 is 0. The van der Waals surface area contributed by atoms with Crippen LogP contribution < -0.4 is 10.1 Å². The lowest BCUT2D eigenvalue weighted by Gasteiger charge is -2.09. The summed E-state index contributed by atoms with van der Waals surface area (Å²) in [6.07, 6.45) is 1.47. The van der Waals surface area contributed by atoms with Gasteiger partial charge in [-0.25, -0.2) is 13.2 Å². The van der Waals surface area contributed by atoms with E-state index in [0.29, 0.717) is 0 Å². The molecule has 2 N–H and O–H groups in total. The zero-order valence-electron chi connectivity index (χ0n) is 10.7. The van der Waals surface area contributed by atoms with Gasteiger partial charge in [-0.15, -0.1) is 6.58 Å². The highest BCUT2D eigenvalue weighted by molar-refractivity contribution is 8.13. The molecule has 0 unspecified atom stereocenters. The minimum absolute atomic E-state index is 0.139. The standard InChI is InChI=1S/C12H12ClNO6S/c1-2-5-14-11(15)7-20-10-4-3-8(21(13,18)19)6-9(10)12(16)17/h2-4,6H,1,5,7H2,(H,14,15)(H,16,17). The number of carbonyl (C=O) groups excluding carboxylic acids is 1. The SMILES string of the molecule is C=CCNC(=O)COc1ccc(S(=O)(=O)Cl)cc1C(=O)O. The number of hydrogen-bond acceptors (Lipinski definition) is 5. The number of carboxylic acids is 1. The molecule has 0 aliphatic heterocycles. The van der Waals surface area contributed by atoms with Crippen LogP contribution in [0.4, 0.5) is 0 Å². The maximum Gasteiger partial charge on any atom is 0.339 e. The number of carboxylic acid groups (broad SMARTS) is 1. The lowest BCUT2D eigenvalue weighted by atomic mass is 10.2. The first-order valence-corrected chi connectivity index (χ1v) is 7.89. The van der Waals surface area contributed by atoms with Gasteiger partial charge in [-0.3, -0.25) is 4.79 Å². The first kappa shape index (κ1) is 17.0. The number of hydrogen-bond donors (Lipinski definition) is 2. The number of carbonyl (C=O) groups is 2. The van der Waals surface area contributed by atoms with Crippen LogP contribution in [0.15, 0.2) is 35.7 Å². The predicted molar refractivity (Wildman–Crippen MR) is 75.1 cm³/mol. The van der Waals surface area contributed by atoms with Crippen LogP contribution in [-0.2, 0) is 13.8 Å². The largest absolute Gasteiger partial charge is 0.483 e. The van der Waals surface area contributed by atoms with E-state index in [9.17, 15) is 18.0 Å². The molecule has 21 heavy (non-hydrogen) atoms. The van der Waals surface area contributed by atoms with E-state index in [1.807, 2.05) is 0 Å². The van der Waals surface area contributed by atoms with Crippen molar-refractivity contribution >= 4 is 31.6 Å². The molecule has 0 bridgehead atoms. The molecule has 0 spiro atoms. The van der Waals surface area contributed by atoms with Gasteiger partial charge in [-0.05, 0) is 18.2 Å². The zero-order valence-corrected chi connectivity index (χ0v) is 12.3. The van der Waals surface area contributed by atoms with Crippen molar-refractivity contribution in [3.8, 4) is 5.75 Å². The number of aromatic carboxylic acids is 1. The molecule has 0 aliphatic carbocycles. The highest BCUT2D eigenvalue weighted by Gasteiger charge is 2.18. The van der Waals surface area contributed by atoms with Gasteiger partial charge in [0.2, 0.25) is 0 Å². The van der Waals surface area contributed by atoms with Crippen molar-refractivity contribution in [1.82, 2.24) is 5.32 Å². The van der Waals surface area contributed by atoms with Crippen LogP contribution in [0.3, 0.4) is 0 Å². The molecule has 0 aromatic heterocycles. The molecular formula is C12H12ClNO6S. The molecule has 9 heteroatoms. The summed E-state index contributed by atoms with van der Waals surface area (Å²) in [6, 6.07) is 3.08. The molecule has 1 rings (SSSR count). The van der Waals surface area contributed by atoms with Crippen LogP contribution in [0, 0.1) is 0 Å². The Morgan fingerprint density at radius 3 is 2.62 bits per heavy atom. The van der Waals surface area contributed by atoms with Crippen molar-refractivity contribution in [2.75, 3.05) is 13.2 Å². The van der Waals surface area contributed by atoms with Gasteiger partial charge in [-0.2, -0.15) is 0 Å². The Kier molecular flexibility index (Phi) is 5.74. The second kappa shape index (κ2) is 7.09. The molecule has 114 valence electrons. The van der Waals surface area contributed by atoms with Crippen LogP contribution in [-0.4, -0.2) is 38.6 Å². The number of halogens is 1. The van der Waals surface area contributed by atoms with Crippen molar-refractivity contribution in [1.29, 1.82) is 0 Å². The van der Waals surface area contributed by atoms with E-state index in [0.717, 1.165) is 18.2 Å². The number of ether oxygens (including phenoxy) is 1. The van der Waals surface area contributed by atoms with E-state index in [1.54, 1.807) is 0 Å². The van der Waals surface area contributed by atoms with Crippen molar-refractivity contribution in [2.45, 2.75) is 4.90 Å². The molecular weight excluding hydrogens is 322 g/mol. The second-order valence-electron chi connectivity index (χ2n) is 3.78. The van der Waals surface area contributed by atoms with Gasteiger partial charge in [0.1, 0.15) is 11.3 Å². The Hall–Kier alpha value is -2.06. The van der Waals surface area contributed by atoms with Crippen molar-refractivity contribution in [3.05, 3.63) is 36.4 Å². The number of nitrogens with one attached hydrogen (secondary N) is 1. The summed E-state index contributed by atoms with van der Waals surface area (Å²) < 4.78 is 27.4. The monoisotopic (exact) mass is 333 g/mol. The Morgan fingerprint density at radius 2 is 2.10 bits per heavy atom. The summed E-state index contributed by atoms with van der Waals surface area (Å²) in [4.78, 5) is 22.0. The Bertz CT molecular complexity index is 670. The average molecular weight is 334 g/mol. The lowest BCUT2D eigenvalue weighted by molar-refractivity contribution is -0.122. The predicted octanol–water partition coefficient (Wildman–Crippen LogP) is 0.993. The van der Waals surface area contributed by atoms with Crippen molar-refractivity contribution in [3.63, 3.8) is 0 Å². The molecule has 0 saturated heterocycles. The minimum Gasteiger partial charge on any atom is -0.483 e. The summed E-state index contributed by atoms with van der Waals surface area (Å²) in [5.74, 6) is -2.01. The smallest absolute Gasteiger partial charge is 0.339 e. The minimum atomic E-state index is -4.06. The Balaban J connectivity index is 2.95. The van der Waals surface area contributed by atoms with Crippen LogP contribution >= 0.6 is 10.7 Å². The fourth-order valence-electron chi connectivity index (χ4n) is 1.33. The van der Waals surface area contributed by atoms with Crippen LogP contribution in [0.2, 0.25) is 0 Å². The van der Waals surface area contributed by atoms with Crippen molar-refractivity contribution < 1.29 is 27.9 Å². The first-order valence-electron chi connectivity index (χ1n) is 5.58. The number of benzene rings is 1. The summed E-state index contributed by atoms with van der Waals surface area (Å²) in [7, 11) is 1.08. The summed E-state index contributed by atoms with van der Waals surface area (Å²) in [5, 5.41) is 11.5. The third-order valence-electron chi connectivity index (χ3n) is 2.27. The topological polar surface area (TPSA) is 110 Å². The van der Waals surface area contributed by atoms with Crippen molar-refractivity contribution in [2.24, 2.45) is 0 Å². The van der Waals surface area contributed by atoms with E-state index in [4.69, 9.17) is 20.5 Å². The maximum absolute atomic E-state index is 11.3. The first-order chi connectivity index (χ1) is 9.75. The normalized spacial score (nSPS) is 10.7. The van der Waals surface area contributed by atoms with Crippen LogP contribution in [0.25, 0.3) is 0 Å². The Morgan fingerprint density at radius 1 is 1.43 bits per heavy atom.